The summed E-state index contributed by atoms with van der Waals surface area (Å²) >= 11 is 0. The average Bonchev–Trinajstić information content (AvgIpc) is 2.83. The van der Waals surface area contributed by atoms with E-state index in [1.807, 2.05) is 0 Å². The third-order valence-corrected chi connectivity index (χ3v) is 3.63. The van der Waals surface area contributed by atoms with Crippen molar-refractivity contribution in [1.29, 1.82) is 0 Å². The summed E-state index contributed by atoms with van der Waals surface area (Å²) in [6.45, 7) is 0.0831. The molecule has 3 rings (SSSR count). The second kappa shape index (κ2) is 4.76. The third-order valence-electron chi connectivity index (χ3n) is 3.63. The van der Waals surface area contributed by atoms with Gasteiger partial charge >= 0.3 is 0 Å². The molecular formula is C14H14N4O4. The molecular weight excluding hydrogens is 288 g/mol. The van der Waals surface area contributed by atoms with Crippen LogP contribution in [0, 0.1) is 0 Å². The minimum atomic E-state index is -0.533. The number of aryl methyl sites for hydroxylation is 2. The molecule has 3 aromatic rings. The minimum absolute atomic E-state index is 0.0115. The molecule has 0 radical (unpaired) electrons. The summed E-state index contributed by atoms with van der Waals surface area (Å²) in [4.78, 5) is 23.6. The van der Waals surface area contributed by atoms with Crippen LogP contribution in [-0.2, 0) is 18.4 Å². The van der Waals surface area contributed by atoms with Crippen molar-refractivity contribution in [3.63, 3.8) is 0 Å². The maximum Gasteiger partial charge on any atom is 0.262 e. The number of aromatic nitrogens is 3. The Hall–Kier alpha value is -3.03. The summed E-state index contributed by atoms with van der Waals surface area (Å²) in [5.74, 6) is -1.18. The fourth-order valence-electron chi connectivity index (χ4n) is 2.59. The third kappa shape index (κ3) is 1.96. The van der Waals surface area contributed by atoms with Gasteiger partial charge in [-0.05, 0) is 6.07 Å². The molecule has 0 spiro atoms. The van der Waals surface area contributed by atoms with Crippen molar-refractivity contribution in [3.05, 3.63) is 28.7 Å². The molecule has 0 aliphatic carbocycles. The first-order valence-electron chi connectivity index (χ1n) is 6.58. The number of pyridine rings is 1. The highest BCUT2D eigenvalue weighted by Crippen LogP contribution is 2.32. The number of phenols is 2. The van der Waals surface area contributed by atoms with Gasteiger partial charge in [0.15, 0.2) is 11.5 Å². The van der Waals surface area contributed by atoms with E-state index >= 15 is 0 Å². The van der Waals surface area contributed by atoms with Crippen LogP contribution in [0.2, 0.25) is 0 Å². The van der Waals surface area contributed by atoms with Gasteiger partial charge in [0.1, 0.15) is 0 Å². The second-order valence-corrected chi connectivity index (χ2v) is 5.06. The fraction of sp³-hybridized carbons (Fsp3) is 0.214. The number of primary amides is 1. The molecule has 0 bridgehead atoms. The molecule has 4 N–H and O–H groups in total. The lowest BCUT2D eigenvalue weighted by molar-refractivity contribution is -0.118. The number of hydrogen-bond donors (Lipinski definition) is 3. The first kappa shape index (κ1) is 13.9. The molecule has 2 aromatic heterocycles. The molecule has 8 nitrogen and oxygen atoms in total. The molecule has 22 heavy (non-hydrogen) atoms. The standard InChI is InChI=1S/C14H14N4O4/c1-17-13-7-4-10(19)11(20)5-9(7)18(3-2-12(15)21)14(22)8(13)6-16-17/h4-6,19-20H,2-3H2,1H3,(H2,15,21). The smallest absolute Gasteiger partial charge is 0.262 e. The van der Waals surface area contributed by atoms with Crippen molar-refractivity contribution in [2.75, 3.05) is 0 Å². The molecule has 0 aliphatic rings. The lowest BCUT2D eigenvalue weighted by Crippen LogP contribution is -2.24. The van der Waals surface area contributed by atoms with Gasteiger partial charge in [-0.25, -0.2) is 0 Å². The van der Waals surface area contributed by atoms with Crippen molar-refractivity contribution in [3.8, 4) is 11.5 Å². The molecule has 2 heterocycles. The molecule has 0 saturated carbocycles. The Morgan fingerprint density at radius 2 is 1.95 bits per heavy atom. The quantitative estimate of drug-likeness (QED) is 0.595. The van der Waals surface area contributed by atoms with E-state index in [1.165, 1.54) is 27.6 Å². The lowest BCUT2D eigenvalue weighted by Gasteiger charge is -2.12. The number of carbonyl (C=O) groups is 1. The van der Waals surface area contributed by atoms with E-state index in [2.05, 4.69) is 5.10 Å². The van der Waals surface area contributed by atoms with Crippen LogP contribution in [-0.4, -0.2) is 30.5 Å². The number of amides is 1. The van der Waals surface area contributed by atoms with Gasteiger partial charge in [-0.3, -0.25) is 14.3 Å². The lowest BCUT2D eigenvalue weighted by atomic mass is 10.1. The van der Waals surface area contributed by atoms with E-state index in [-0.39, 0.29) is 30.0 Å². The van der Waals surface area contributed by atoms with Gasteiger partial charge in [0, 0.05) is 31.5 Å². The Balaban J connectivity index is 2.45. The van der Waals surface area contributed by atoms with Crippen LogP contribution in [0.4, 0.5) is 0 Å². The van der Waals surface area contributed by atoms with Crippen LogP contribution >= 0.6 is 0 Å². The minimum Gasteiger partial charge on any atom is -0.504 e. The van der Waals surface area contributed by atoms with Crippen LogP contribution in [0.3, 0.4) is 0 Å². The number of carbonyl (C=O) groups excluding carboxylic acids is 1. The van der Waals surface area contributed by atoms with Crippen molar-refractivity contribution >= 4 is 27.7 Å². The second-order valence-electron chi connectivity index (χ2n) is 5.06. The maximum absolute atomic E-state index is 12.6. The number of nitrogens with zero attached hydrogens (tertiary/aromatic N) is 3. The zero-order chi connectivity index (χ0) is 16.0. The molecule has 0 saturated heterocycles. The molecule has 114 valence electrons. The summed E-state index contributed by atoms with van der Waals surface area (Å²) in [5.41, 5.74) is 5.76. The summed E-state index contributed by atoms with van der Waals surface area (Å²) in [7, 11) is 1.68. The maximum atomic E-state index is 12.6. The number of phenolic OH excluding ortho intramolecular Hbond substituents is 2. The van der Waals surface area contributed by atoms with Gasteiger partial charge in [0.2, 0.25) is 5.91 Å². The van der Waals surface area contributed by atoms with Gasteiger partial charge < -0.3 is 20.5 Å². The van der Waals surface area contributed by atoms with Crippen molar-refractivity contribution < 1.29 is 15.0 Å². The van der Waals surface area contributed by atoms with Crippen LogP contribution in [0.1, 0.15) is 6.42 Å². The molecule has 1 amide bonds. The van der Waals surface area contributed by atoms with Gasteiger partial charge in [-0.1, -0.05) is 0 Å². The summed E-state index contributed by atoms with van der Waals surface area (Å²) in [6.07, 6.45) is 1.42. The van der Waals surface area contributed by atoms with Gasteiger partial charge in [-0.15, -0.1) is 0 Å². The van der Waals surface area contributed by atoms with Crippen LogP contribution < -0.4 is 11.3 Å². The Morgan fingerprint density at radius 1 is 1.27 bits per heavy atom. The number of hydrogen-bond acceptors (Lipinski definition) is 5. The van der Waals surface area contributed by atoms with E-state index < -0.39 is 5.91 Å². The number of fused-ring (bicyclic) bond motifs is 3. The first-order chi connectivity index (χ1) is 10.4. The number of nitrogens with two attached hydrogens (primary N) is 1. The van der Waals surface area contributed by atoms with Crippen molar-refractivity contribution in [1.82, 2.24) is 14.3 Å². The van der Waals surface area contributed by atoms with E-state index in [4.69, 9.17) is 5.73 Å². The topological polar surface area (TPSA) is 123 Å². The number of aromatic hydroxyl groups is 2. The van der Waals surface area contributed by atoms with Gasteiger partial charge in [-0.2, -0.15) is 5.10 Å². The largest absolute Gasteiger partial charge is 0.504 e. The SMILES string of the molecule is Cn1ncc2c(=O)n(CCC(N)=O)c3cc(O)c(O)cc3c21. The van der Waals surface area contributed by atoms with Crippen LogP contribution in [0.15, 0.2) is 23.1 Å². The van der Waals surface area contributed by atoms with E-state index in [9.17, 15) is 19.8 Å². The highest BCUT2D eigenvalue weighted by atomic mass is 16.3. The van der Waals surface area contributed by atoms with E-state index in [0.29, 0.717) is 21.8 Å². The summed E-state index contributed by atoms with van der Waals surface area (Å²) < 4.78 is 2.87. The zero-order valence-electron chi connectivity index (χ0n) is 11.8. The van der Waals surface area contributed by atoms with Crippen molar-refractivity contribution in [2.24, 2.45) is 12.8 Å². The predicted molar refractivity (Wildman–Crippen MR) is 79.6 cm³/mol. The first-order valence-corrected chi connectivity index (χ1v) is 6.58. The highest BCUT2D eigenvalue weighted by Gasteiger charge is 2.16. The summed E-state index contributed by atoms with van der Waals surface area (Å²) in [5, 5.41) is 24.4. The van der Waals surface area contributed by atoms with Crippen LogP contribution in [0.5, 0.6) is 11.5 Å². The van der Waals surface area contributed by atoms with Gasteiger partial charge in [0.05, 0.1) is 22.6 Å². The molecule has 0 atom stereocenters. The fourth-order valence-corrected chi connectivity index (χ4v) is 2.59. The van der Waals surface area contributed by atoms with Crippen LogP contribution in [0.25, 0.3) is 21.8 Å². The monoisotopic (exact) mass is 302 g/mol. The highest BCUT2D eigenvalue weighted by molar-refractivity contribution is 6.04. The van der Waals surface area contributed by atoms with Crippen molar-refractivity contribution in [2.45, 2.75) is 13.0 Å². The number of benzene rings is 1. The summed E-state index contributed by atoms with van der Waals surface area (Å²) in [6, 6.07) is 2.66. The van der Waals surface area contributed by atoms with E-state index in [0.717, 1.165) is 0 Å². The Labute approximate surface area is 124 Å². The molecule has 0 unspecified atom stereocenters. The molecule has 1 aromatic carbocycles. The number of rotatable bonds is 3. The van der Waals surface area contributed by atoms with E-state index in [1.54, 1.807) is 7.05 Å². The zero-order valence-corrected chi connectivity index (χ0v) is 11.8. The molecule has 0 fully saturated rings. The Kier molecular flexibility index (Phi) is 3.01. The Bertz CT molecular complexity index is 971. The molecule has 0 aliphatic heterocycles. The van der Waals surface area contributed by atoms with Gasteiger partial charge in [0.25, 0.3) is 5.56 Å². The normalized spacial score (nSPS) is 11.3. The Morgan fingerprint density at radius 3 is 2.64 bits per heavy atom. The average molecular weight is 302 g/mol. The predicted octanol–water partition coefficient (Wildman–Crippen LogP) is 0.175. The molecule has 8 heteroatoms.